The second-order valence-corrected chi connectivity index (χ2v) is 4.06. The van der Waals surface area contributed by atoms with Gasteiger partial charge in [0, 0.05) is 11.1 Å². The topological polar surface area (TPSA) is 69.9 Å². The van der Waals surface area contributed by atoms with Gasteiger partial charge in [-0.15, -0.1) is 0 Å². The Morgan fingerprint density at radius 3 is 2.28 bits per heavy atom. The molecule has 0 unspecified atom stereocenters. The molecule has 0 radical (unpaired) electrons. The monoisotopic (exact) mass is 239 g/mol. The standard InChI is InChI=1S/C14H9NO3/c16-14(17)8-5-6-10-9-3-1-2-4-11(9)13(15-18)12(10)7-8/h1-7,18H,(H,16,17)/b15-13+. The number of carbonyl (C=O) groups is 1. The van der Waals surface area contributed by atoms with Crippen molar-refractivity contribution in [3.63, 3.8) is 0 Å². The molecule has 4 heteroatoms. The van der Waals surface area contributed by atoms with Crippen LogP contribution >= 0.6 is 0 Å². The van der Waals surface area contributed by atoms with Crippen molar-refractivity contribution in [2.45, 2.75) is 0 Å². The number of fused-ring (bicyclic) bond motifs is 3. The molecule has 3 rings (SSSR count). The van der Waals surface area contributed by atoms with Gasteiger partial charge >= 0.3 is 5.97 Å². The highest BCUT2D eigenvalue weighted by atomic mass is 16.4. The minimum absolute atomic E-state index is 0.183. The molecule has 2 aromatic rings. The SMILES string of the molecule is O=C(O)c1ccc2c(c1)/C(=N/O)c1ccccc1-2. The number of hydrogen-bond acceptors (Lipinski definition) is 3. The minimum Gasteiger partial charge on any atom is -0.478 e. The number of carboxylic acid groups (broad SMARTS) is 1. The molecule has 0 aliphatic heterocycles. The lowest BCUT2D eigenvalue weighted by Gasteiger charge is -2.01. The lowest BCUT2D eigenvalue weighted by Crippen LogP contribution is -2.01. The van der Waals surface area contributed by atoms with Crippen molar-refractivity contribution < 1.29 is 15.1 Å². The van der Waals surface area contributed by atoms with Gasteiger partial charge in [0.15, 0.2) is 0 Å². The Kier molecular flexibility index (Phi) is 2.16. The van der Waals surface area contributed by atoms with E-state index in [1.807, 2.05) is 24.3 Å². The van der Waals surface area contributed by atoms with Gasteiger partial charge < -0.3 is 10.3 Å². The first-order valence-corrected chi connectivity index (χ1v) is 5.42. The van der Waals surface area contributed by atoms with E-state index >= 15 is 0 Å². The van der Waals surface area contributed by atoms with Crippen LogP contribution in [0.25, 0.3) is 11.1 Å². The summed E-state index contributed by atoms with van der Waals surface area (Å²) >= 11 is 0. The fraction of sp³-hybridized carbons (Fsp3) is 0. The summed E-state index contributed by atoms with van der Waals surface area (Å²) < 4.78 is 0. The van der Waals surface area contributed by atoms with Gasteiger partial charge in [0.1, 0.15) is 5.71 Å². The van der Waals surface area contributed by atoms with Gasteiger partial charge in [-0.05, 0) is 23.3 Å². The summed E-state index contributed by atoms with van der Waals surface area (Å²) in [5.74, 6) is -0.994. The first-order valence-electron chi connectivity index (χ1n) is 5.42. The van der Waals surface area contributed by atoms with Crippen molar-refractivity contribution in [3.8, 4) is 11.1 Å². The van der Waals surface area contributed by atoms with Crippen molar-refractivity contribution in [1.82, 2.24) is 0 Å². The zero-order valence-electron chi connectivity index (χ0n) is 9.29. The molecule has 0 spiro atoms. The summed E-state index contributed by atoms with van der Waals surface area (Å²) in [5, 5.41) is 21.4. The first kappa shape index (κ1) is 10.5. The molecule has 2 aromatic carbocycles. The van der Waals surface area contributed by atoms with Crippen LogP contribution in [0.1, 0.15) is 21.5 Å². The van der Waals surface area contributed by atoms with Crippen LogP contribution < -0.4 is 0 Å². The third-order valence-corrected chi connectivity index (χ3v) is 3.09. The predicted octanol–water partition coefficient (Wildman–Crippen LogP) is 2.59. The molecule has 18 heavy (non-hydrogen) atoms. The van der Waals surface area contributed by atoms with E-state index in [0.29, 0.717) is 11.3 Å². The van der Waals surface area contributed by atoms with Crippen LogP contribution in [0, 0.1) is 0 Å². The minimum atomic E-state index is -0.994. The maximum absolute atomic E-state index is 11.0. The highest BCUT2D eigenvalue weighted by Crippen LogP contribution is 2.37. The maximum atomic E-state index is 11.0. The van der Waals surface area contributed by atoms with Crippen molar-refractivity contribution in [3.05, 3.63) is 59.2 Å². The highest BCUT2D eigenvalue weighted by Gasteiger charge is 2.25. The summed E-state index contributed by atoms with van der Waals surface area (Å²) in [5.41, 5.74) is 3.92. The van der Waals surface area contributed by atoms with E-state index in [4.69, 9.17) is 10.3 Å². The summed E-state index contributed by atoms with van der Waals surface area (Å²) in [6.07, 6.45) is 0. The number of benzene rings is 2. The molecule has 2 N–H and O–H groups in total. The number of rotatable bonds is 1. The maximum Gasteiger partial charge on any atom is 0.335 e. The molecule has 0 saturated carbocycles. The van der Waals surface area contributed by atoms with Gasteiger partial charge in [0.25, 0.3) is 0 Å². The molecule has 4 nitrogen and oxygen atoms in total. The van der Waals surface area contributed by atoms with Gasteiger partial charge in [-0.25, -0.2) is 4.79 Å². The van der Waals surface area contributed by atoms with E-state index in [9.17, 15) is 4.79 Å². The van der Waals surface area contributed by atoms with Crippen LogP contribution in [-0.2, 0) is 0 Å². The third kappa shape index (κ3) is 1.32. The van der Waals surface area contributed by atoms with Crippen LogP contribution in [0.4, 0.5) is 0 Å². The van der Waals surface area contributed by atoms with Crippen LogP contribution in [0.2, 0.25) is 0 Å². The van der Waals surface area contributed by atoms with Crippen molar-refractivity contribution in [2.75, 3.05) is 0 Å². The predicted molar refractivity (Wildman–Crippen MR) is 66.3 cm³/mol. The number of aromatic carboxylic acids is 1. The average Bonchev–Trinajstić information content (AvgIpc) is 2.71. The second kappa shape index (κ2) is 3.70. The fourth-order valence-electron chi connectivity index (χ4n) is 2.29. The molecule has 0 atom stereocenters. The Morgan fingerprint density at radius 1 is 0.944 bits per heavy atom. The van der Waals surface area contributed by atoms with E-state index in [-0.39, 0.29) is 5.56 Å². The molecule has 88 valence electrons. The van der Waals surface area contributed by atoms with E-state index in [0.717, 1.165) is 16.7 Å². The quantitative estimate of drug-likeness (QED) is 0.506. The largest absolute Gasteiger partial charge is 0.478 e. The normalized spacial score (nSPS) is 14.3. The molecule has 0 bridgehead atoms. The number of carboxylic acids is 1. The average molecular weight is 239 g/mol. The molecular formula is C14H9NO3. The number of hydrogen-bond donors (Lipinski definition) is 2. The van der Waals surface area contributed by atoms with Crippen molar-refractivity contribution in [1.29, 1.82) is 0 Å². The van der Waals surface area contributed by atoms with Crippen molar-refractivity contribution in [2.24, 2.45) is 5.16 Å². The molecule has 0 heterocycles. The molecule has 0 aromatic heterocycles. The smallest absolute Gasteiger partial charge is 0.335 e. The number of nitrogens with zero attached hydrogens (tertiary/aromatic N) is 1. The fourth-order valence-corrected chi connectivity index (χ4v) is 2.29. The third-order valence-electron chi connectivity index (χ3n) is 3.09. The molecular weight excluding hydrogens is 230 g/mol. The second-order valence-electron chi connectivity index (χ2n) is 4.06. The summed E-state index contributed by atoms with van der Waals surface area (Å²) in [6.45, 7) is 0. The van der Waals surface area contributed by atoms with Crippen LogP contribution in [-0.4, -0.2) is 22.0 Å². The van der Waals surface area contributed by atoms with Gasteiger partial charge in [0.2, 0.25) is 0 Å². The van der Waals surface area contributed by atoms with E-state index in [2.05, 4.69) is 5.16 Å². The summed E-state index contributed by atoms with van der Waals surface area (Å²) in [4.78, 5) is 11.0. The Balaban J connectivity index is 2.31. The lowest BCUT2D eigenvalue weighted by molar-refractivity contribution is 0.0697. The Bertz CT molecular complexity index is 689. The summed E-state index contributed by atoms with van der Waals surface area (Å²) in [7, 11) is 0. The van der Waals surface area contributed by atoms with Gasteiger partial charge in [-0.3, -0.25) is 0 Å². The van der Waals surface area contributed by atoms with Crippen LogP contribution in [0.3, 0.4) is 0 Å². The van der Waals surface area contributed by atoms with Crippen LogP contribution in [0.15, 0.2) is 47.6 Å². The highest BCUT2D eigenvalue weighted by molar-refractivity contribution is 6.24. The van der Waals surface area contributed by atoms with Crippen molar-refractivity contribution >= 4 is 11.7 Å². The van der Waals surface area contributed by atoms with E-state index < -0.39 is 5.97 Å². The first-order chi connectivity index (χ1) is 8.72. The van der Waals surface area contributed by atoms with E-state index in [1.54, 1.807) is 12.1 Å². The number of oxime groups is 1. The Labute approximate surface area is 103 Å². The molecule has 0 saturated heterocycles. The molecule has 0 fully saturated rings. The van der Waals surface area contributed by atoms with E-state index in [1.165, 1.54) is 6.07 Å². The molecule has 1 aliphatic carbocycles. The van der Waals surface area contributed by atoms with Gasteiger partial charge in [-0.2, -0.15) is 0 Å². The Morgan fingerprint density at radius 2 is 1.61 bits per heavy atom. The molecule has 1 aliphatic rings. The zero-order valence-corrected chi connectivity index (χ0v) is 9.29. The zero-order chi connectivity index (χ0) is 12.7. The molecule has 0 amide bonds. The lowest BCUT2D eigenvalue weighted by atomic mass is 10.0. The van der Waals surface area contributed by atoms with Gasteiger partial charge in [0.05, 0.1) is 5.56 Å². The van der Waals surface area contributed by atoms with Crippen LogP contribution in [0.5, 0.6) is 0 Å². The Hall–Kier alpha value is -2.62. The van der Waals surface area contributed by atoms with Gasteiger partial charge in [-0.1, -0.05) is 35.5 Å². The summed E-state index contributed by atoms with van der Waals surface area (Å²) in [6, 6.07) is 12.4.